The van der Waals surface area contributed by atoms with Crippen molar-refractivity contribution < 1.29 is 19.0 Å². The maximum Gasteiger partial charge on any atom is 0.412 e. The molecule has 1 aliphatic rings. The molecule has 4 aromatic carbocycles. The number of hydrogen-bond donors (Lipinski definition) is 2. The Hall–Kier alpha value is -4.16. The number of rotatable bonds is 7. The van der Waals surface area contributed by atoms with Gasteiger partial charge in [0.1, 0.15) is 6.61 Å². The molecule has 1 aliphatic heterocycles. The van der Waals surface area contributed by atoms with Crippen LogP contribution in [0.3, 0.4) is 0 Å². The molecule has 1 fully saturated rings. The highest BCUT2D eigenvalue weighted by Crippen LogP contribution is 2.45. The first-order chi connectivity index (χ1) is 17.6. The van der Waals surface area contributed by atoms with Gasteiger partial charge in [-0.25, -0.2) is 9.18 Å². The number of phenolic OH excluding ortho intramolecular Hbond substituents is 1. The van der Waals surface area contributed by atoms with Crippen LogP contribution in [-0.4, -0.2) is 22.6 Å². The Kier molecular flexibility index (Phi) is 6.96. The number of nitrogens with one attached hydrogen (secondary N) is 1. The number of carbonyl (C=O) groups is 1. The Morgan fingerprint density at radius 2 is 1.50 bits per heavy atom. The lowest BCUT2D eigenvalue weighted by atomic mass is 9.87. The van der Waals surface area contributed by atoms with Gasteiger partial charge in [-0.2, -0.15) is 0 Å². The van der Waals surface area contributed by atoms with Gasteiger partial charge in [0, 0.05) is 18.2 Å². The maximum atomic E-state index is 15.4. The summed E-state index contributed by atoms with van der Waals surface area (Å²) in [6, 6.07) is 32.4. The maximum absolute atomic E-state index is 15.4. The first kappa shape index (κ1) is 23.6. The van der Waals surface area contributed by atoms with Gasteiger partial charge in [0.2, 0.25) is 0 Å². The number of hydrogen-bond acceptors (Lipinski definition) is 4. The molecule has 0 aromatic heterocycles. The van der Waals surface area contributed by atoms with Crippen molar-refractivity contribution in [1.29, 1.82) is 0 Å². The van der Waals surface area contributed by atoms with Crippen molar-refractivity contribution in [2.75, 3.05) is 11.9 Å². The molecular formula is C30H27FN2O3. The average Bonchev–Trinajstić information content (AvgIpc) is 2.91. The number of carbonyl (C=O) groups excluding carboxylic acids is 1. The third-order valence-electron chi connectivity index (χ3n) is 6.58. The zero-order valence-electron chi connectivity index (χ0n) is 19.7. The van der Waals surface area contributed by atoms with E-state index < -0.39 is 17.7 Å². The fourth-order valence-electron chi connectivity index (χ4n) is 4.70. The number of benzene rings is 4. The predicted octanol–water partition coefficient (Wildman–Crippen LogP) is 6.82. The molecule has 0 aliphatic carbocycles. The van der Waals surface area contributed by atoms with Crippen LogP contribution in [0.4, 0.5) is 14.9 Å². The van der Waals surface area contributed by atoms with E-state index in [1.807, 2.05) is 66.7 Å². The number of nitrogens with zero attached hydrogens (tertiary/aromatic N) is 1. The second-order valence-corrected chi connectivity index (χ2v) is 8.82. The molecule has 4 aromatic rings. The molecule has 36 heavy (non-hydrogen) atoms. The van der Waals surface area contributed by atoms with E-state index in [4.69, 9.17) is 4.74 Å². The average molecular weight is 483 g/mol. The molecule has 5 rings (SSSR count). The van der Waals surface area contributed by atoms with E-state index >= 15 is 4.39 Å². The molecule has 0 spiro atoms. The lowest BCUT2D eigenvalue weighted by molar-refractivity contribution is 0.0539. The van der Waals surface area contributed by atoms with Crippen molar-refractivity contribution in [2.45, 2.75) is 25.1 Å². The molecular weight excluding hydrogens is 455 g/mol. The number of ether oxygens (including phenoxy) is 1. The van der Waals surface area contributed by atoms with Crippen LogP contribution in [0.15, 0.2) is 103 Å². The van der Waals surface area contributed by atoms with Crippen LogP contribution in [0.5, 0.6) is 5.75 Å². The van der Waals surface area contributed by atoms with E-state index in [-0.39, 0.29) is 24.4 Å². The first-order valence-electron chi connectivity index (χ1n) is 12.0. The van der Waals surface area contributed by atoms with Gasteiger partial charge < -0.3 is 9.84 Å². The summed E-state index contributed by atoms with van der Waals surface area (Å²) in [7, 11) is 0. The van der Waals surface area contributed by atoms with Gasteiger partial charge in [-0.1, -0.05) is 97.1 Å². The highest BCUT2D eigenvalue weighted by molar-refractivity contribution is 5.86. The van der Waals surface area contributed by atoms with Crippen molar-refractivity contribution >= 4 is 11.8 Å². The molecule has 2 N–H and O–H groups in total. The van der Waals surface area contributed by atoms with Crippen LogP contribution in [0.2, 0.25) is 0 Å². The van der Waals surface area contributed by atoms with Crippen LogP contribution >= 0.6 is 0 Å². The first-order valence-corrected chi connectivity index (χ1v) is 12.0. The van der Waals surface area contributed by atoms with Crippen LogP contribution < -0.4 is 5.32 Å². The summed E-state index contributed by atoms with van der Waals surface area (Å²) in [5, 5.41) is 13.0. The van der Waals surface area contributed by atoms with Crippen molar-refractivity contribution in [3.8, 4) is 5.75 Å². The molecule has 182 valence electrons. The normalized spacial score (nSPS) is 15.3. The van der Waals surface area contributed by atoms with Crippen LogP contribution in [0.1, 0.15) is 40.8 Å². The minimum Gasteiger partial charge on any atom is -0.503 e. The monoisotopic (exact) mass is 482 g/mol. The van der Waals surface area contributed by atoms with Gasteiger partial charge in [0.15, 0.2) is 11.6 Å². The lowest BCUT2D eigenvalue weighted by Gasteiger charge is -2.47. The fourth-order valence-corrected chi connectivity index (χ4v) is 4.70. The summed E-state index contributed by atoms with van der Waals surface area (Å²) in [6.07, 6.45) is -0.00176. The second kappa shape index (κ2) is 10.6. The quantitative estimate of drug-likeness (QED) is 0.284. The Morgan fingerprint density at radius 3 is 2.06 bits per heavy atom. The van der Waals surface area contributed by atoms with Gasteiger partial charge >= 0.3 is 6.09 Å². The number of likely N-dealkylation sites (tertiary alicyclic amines) is 1. The highest BCUT2D eigenvalue weighted by atomic mass is 19.1. The molecule has 1 amide bonds. The van der Waals surface area contributed by atoms with E-state index in [9.17, 15) is 9.90 Å². The summed E-state index contributed by atoms with van der Waals surface area (Å²) in [4.78, 5) is 14.5. The largest absolute Gasteiger partial charge is 0.503 e. The topological polar surface area (TPSA) is 61.8 Å². The van der Waals surface area contributed by atoms with Gasteiger partial charge in [-0.3, -0.25) is 10.2 Å². The van der Waals surface area contributed by atoms with Crippen LogP contribution in [0, 0.1) is 5.82 Å². The van der Waals surface area contributed by atoms with Crippen molar-refractivity contribution in [3.63, 3.8) is 0 Å². The van der Waals surface area contributed by atoms with Crippen molar-refractivity contribution in [1.82, 2.24) is 4.90 Å². The van der Waals surface area contributed by atoms with Gasteiger partial charge in [-0.05, 0) is 29.2 Å². The van der Waals surface area contributed by atoms with Gasteiger partial charge in [0.05, 0.1) is 11.7 Å². The minimum absolute atomic E-state index is 0.0251. The molecule has 1 atom stereocenters. The van der Waals surface area contributed by atoms with Crippen molar-refractivity contribution in [2.24, 2.45) is 0 Å². The Morgan fingerprint density at radius 1 is 0.917 bits per heavy atom. The number of amides is 1. The van der Waals surface area contributed by atoms with E-state index in [1.54, 1.807) is 6.07 Å². The number of anilines is 1. The zero-order chi connectivity index (χ0) is 24.9. The summed E-state index contributed by atoms with van der Waals surface area (Å²) in [6.45, 7) is 0.872. The minimum atomic E-state index is -0.764. The molecule has 0 bridgehead atoms. The van der Waals surface area contributed by atoms with E-state index in [0.717, 1.165) is 29.7 Å². The van der Waals surface area contributed by atoms with E-state index in [0.29, 0.717) is 5.56 Å². The Balaban J connectivity index is 1.34. The Bertz CT molecular complexity index is 1280. The van der Waals surface area contributed by atoms with Gasteiger partial charge in [-0.15, -0.1) is 0 Å². The highest BCUT2D eigenvalue weighted by Gasteiger charge is 2.38. The zero-order valence-corrected chi connectivity index (χ0v) is 19.7. The summed E-state index contributed by atoms with van der Waals surface area (Å²) in [5.41, 5.74) is 3.45. The van der Waals surface area contributed by atoms with E-state index in [2.05, 4.69) is 34.5 Å². The lowest BCUT2D eigenvalue weighted by Crippen LogP contribution is -2.44. The molecule has 6 heteroatoms. The standard InChI is InChI=1S/C30H27FN2O3/c31-27-24(16-17-25(29(27)34)32-30(35)36-20-21-10-4-1-5-11-21)26-18-19-33(26)28(22-12-6-2-7-13-22)23-14-8-3-9-15-23/h1-17,26,28,34H,18-20H2,(H,32,35). The third kappa shape index (κ3) is 4.95. The SMILES string of the molecule is O=C(Nc1ccc(C2CCN2C(c2ccccc2)c2ccccc2)c(F)c1O)OCc1ccccc1. The summed E-state index contributed by atoms with van der Waals surface area (Å²) >= 11 is 0. The molecule has 1 heterocycles. The second-order valence-electron chi connectivity index (χ2n) is 8.82. The van der Waals surface area contributed by atoms with Crippen LogP contribution in [0.25, 0.3) is 0 Å². The molecule has 5 nitrogen and oxygen atoms in total. The summed E-state index contributed by atoms with van der Waals surface area (Å²) in [5.74, 6) is -1.32. The molecule has 1 unspecified atom stereocenters. The fraction of sp³-hybridized carbons (Fsp3) is 0.167. The molecule has 1 saturated heterocycles. The number of halogens is 1. The third-order valence-corrected chi connectivity index (χ3v) is 6.58. The molecule has 0 radical (unpaired) electrons. The number of aromatic hydroxyl groups is 1. The van der Waals surface area contributed by atoms with Gasteiger partial charge in [0.25, 0.3) is 0 Å². The summed E-state index contributed by atoms with van der Waals surface area (Å²) < 4.78 is 20.6. The van der Waals surface area contributed by atoms with Crippen LogP contribution in [-0.2, 0) is 11.3 Å². The Labute approximate surface area is 209 Å². The predicted molar refractivity (Wildman–Crippen MR) is 137 cm³/mol. The smallest absolute Gasteiger partial charge is 0.412 e. The van der Waals surface area contributed by atoms with Crippen molar-refractivity contribution in [3.05, 3.63) is 131 Å². The van der Waals surface area contributed by atoms with E-state index in [1.165, 1.54) is 6.07 Å². The number of phenols is 1. The molecule has 0 saturated carbocycles.